The average molecular weight is 326 g/mol. The van der Waals surface area contributed by atoms with Crippen molar-refractivity contribution in [2.24, 2.45) is 0 Å². The number of aromatic nitrogens is 1. The van der Waals surface area contributed by atoms with Crippen molar-refractivity contribution >= 4 is 23.3 Å². The van der Waals surface area contributed by atoms with E-state index in [9.17, 15) is 9.59 Å². The minimum atomic E-state index is -0.923. The number of nitrogen functional groups attached to an aromatic ring is 1. The van der Waals surface area contributed by atoms with E-state index in [4.69, 9.17) is 10.5 Å². The lowest BCUT2D eigenvalue weighted by Crippen LogP contribution is -2.40. The Morgan fingerprint density at radius 1 is 1.21 bits per heavy atom. The van der Waals surface area contributed by atoms with Crippen LogP contribution in [0.5, 0.6) is 11.6 Å². The lowest BCUT2D eigenvalue weighted by atomic mass is 10.1. The summed E-state index contributed by atoms with van der Waals surface area (Å²) in [5.74, 6) is 0.677. The van der Waals surface area contributed by atoms with Gasteiger partial charge < -0.3 is 15.8 Å². The number of pyridine rings is 1. The van der Waals surface area contributed by atoms with Crippen LogP contribution >= 0.6 is 0 Å². The normalized spacial score (nSPS) is 16.2. The molecule has 1 saturated heterocycles. The second-order valence-corrected chi connectivity index (χ2v) is 6.18. The van der Waals surface area contributed by atoms with E-state index in [1.165, 1.54) is 6.20 Å². The van der Waals surface area contributed by atoms with E-state index >= 15 is 0 Å². The third kappa shape index (κ3) is 2.76. The van der Waals surface area contributed by atoms with E-state index in [1.54, 1.807) is 44.2 Å². The molecule has 3 rings (SSSR count). The van der Waals surface area contributed by atoms with Crippen LogP contribution in [0.3, 0.4) is 0 Å². The highest BCUT2D eigenvalue weighted by molar-refractivity contribution is 6.22. The number of imide groups is 1. The van der Waals surface area contributed by atoms with Gasteiger partial charge in [0.1, 0.15) is 11.3 Å². The fourth-order valence-electron chi connectivity index (χ4n) is 2.45. The first kappa shape index (κ1) is 15.8. The number of benzene rings is 1. The Kier molecular flexibility index (Phi) is 3.63. The summed E-state index contributed by atoms with van der Waals surface area (Å²) in [7, 11) is 0. The third-order valence-electron chi connectivity index (χ3n) is 3.75. The summed E-state index contributed by atoms with van der Waals surface area (Å²) in [5.41, 5.74) is 6.72. The molecule has 1 aliphatic rings. The summed E-state index contributed by atoms with van der Waals surface area (Å²) in [4.78, 5) is 29.5. The molecule has 0 spiro atoms. The molecule has 124 valence electrons. The van der Waals surface area contributed by atoms with Crippen LogP contribution in [0.25, 0.3) is 0 Å². The first-order valence-corrected chi connectivity index (χ1v) is 7.45. The molecule has 2 heterocycles. The van der Waals surface area contributed by atoms with E-state index in [0.717, 1.165) is 10.5 Å². The van der Waals surface area contributed by atoms with Crippen molar-refractivity contribution in [1.82, 2.24) is 10.3 Å². The predicted octanol–water partition coefficient (Wildman–Crippen LogP) is 2.60. The number of hydrogen-bond donors (Lipinski definition) is 2. The number of aryl methyl sites for hydroxylation is 1. The molecule has 0 unspecified atom stereocenters. The summed E-state index contributed by atoms with van der Waals surface area (Å²) in [6.45, 7) is 5.19. The standard InChI is InChI=1S/C17H18N4O3/c1-10-8-11(18)4-6-13(10)24-14-7-5-12(9-19-14)21-15(22)17(2,3)20-16(21)23/h4-9H,18H2,1-3H3,(H,20,23). The summed E-state index contributed by atoms with van der Waals surface area (Å²) < 4.78 is 5.71. The van der Waals surface area contributed by atoms with Crippen molar-refractivity contribution in [3.05, 3.63) is 42.1 Å². The van der Waals surface area contributed by atoms with Crippen molar-refractivity contribution < 1.29 is 14.3 Å². The molecule has 0 atom stereocenters. The van der Waals surface area contributed by atoms with E-state index in [-0.39, 0.29) is 5.91 Å². The maximum atomic E-state index is 12.3. The van der Waals surface area contributed by atoms with E-state index < -0.39 is 11.6 Å². The number of nitrogens with one attached hydrogen (secondary N) is 1. The van der Waals surface area contributed by atoms with Gasteiger partial charge in [-0.15, -0.1) is 0 Å². The third-order valence-corrected chi connectivity index (χ3v) is 3.75. The summed E-state index contributed by atoms with van der Waals surface area (Å²) in [6, 6.07) is 8.07. The zero-order valence-electron chi connectivity index (χ0n) is 13.7. The van der Waals surface area contributed by atoms with Crippen LogP contribution in [0.1, 0.15) is 19.4 Å². The molecule has 0 bridgehead atoms. The Labute approximate surface area is 139 Å². The Morgan fingerprint density at radius 2 is 1.96 bits per heavy atom. The number of nitrogens with zero attached hydrogens (tertiary/aromatic N) is 2. The zero-order valence-corrected chi connectivity index (χ0v) is 13.7. The van der Waals surface area contributed by atoms with Gasteiger partial charge in [0.05, 0.1) is 11.9 Å². The number of rotatable bonds is 3. The summed E-state index contributed by atoms with van der Waals surface area (Å²) in [5, 5.41) is 2.63. The monoisotopic (exact) mass is 326 g/mol. The first-order chi connectivity index (χ1) is 11.3. The molecule has 3 N–H and O–H groups in total. The number of urea groups is 1. The molecule has 0 aliphatic carbocycles. The minimum Gasteiger partial charge on any atom is -0.439 e. The first-order valence-electron chi connectivity index (χ1n) is 7.45. The molecule has 7 nitrogen and oxygen atoms in total. The number of hydrogen-bond acceptors (Lipinski definition) is 5. The Bertz CT molecular complexity index is 815. The minimum absolute atomic E-state index is 0.322. The highest BCUT2D eigenvalue weighted by atomic mass is 16.5. The van der Waals surface area contributed by atoms with Crippen LogP contribution in [0.4, 0.5) is 16.2 Å². The van der Waals surface area contributed by atoms with Crippen LogP contribution in [0, 0.1) is 6.92 Å². The van der Waals surface area contributed by atoms with Crippen molar-refractivity contribution in [2.75, 3.05) is 10.6 Å². The maximum absolute atomic E-state index is 12.3. The topological polar surface area (TPSA) is 97.5 Å². The quantitative estimate of drug-likeness (QED) is 0.667. The lowest BCUT2D eigenvalue weighted by molar-refractivity contribution is -0.121. The van der Waals surface area contributed by atoms with E-state index in [2.05, 4.69) is 10.3 Å². The van der Waals surface area contributed by atoms with Crippen molar-refractivity contribution in [3.8, 4) is 11.6 Å². The van der Waals surface area contributed by atoms with Crippen LogP contribution in [0.2, 0.25) is 0 Å². The molecule has 2 aromatic rings. The van der Waals surface area contributed by atoms with Gasteiger partial charge in [0.2, 0.25) is 5.88 Å². The number of nitrogens with two attached hydrogens (primary N) is 1. The van der Waals surface area contributed by atoms with Crippen LogP contribution < -0.4 is 20.7 Å². The molecular weight excluding hydrogens is 308 g/mol. The molecule has 1 aromatic carbocycles. The van der Waals surface area contributed by atoms with Gasteiger partial charge in [0, 0.05) is 11.8 Å². The van der Waals surface area contributed by atoms with Gasteiger partial charge >= 0.3 is 6.03 Å². The molecule has 0 saturated carbocycles. The Morgan fingerprint density at radius 3 is 2.50 bits per heavy atom. The average Bonchev–Trinajstić information content (AvgIpc) is 2.71. The van der Waals surface area contributed by atoms with E-state index in [0.29, 0.717) is 23.0 Å². The number of carbonyl (C=O) groups excluding carboxylic acids is 2. The SMILES string of the molecule is Cc1cc(N)ccc1Oc1ccc(N2C(=O)NC(C)(C)C2=O)cn1. The predicted molar refractivity (Wildman–Crippen MR) is 90.0 cm³/mol. The van der Waals surface area contributed by atoms with Crippen LogP contribution in [-0.4, -0.2) is 22.5 Å². The van der Waals surface area contributed by atoms with Gasteiger partial charge in [0.15, 0.2) is 0 Å². The van der Waals surface area contributed by atoms with Gasteiger partial charge in [0.25, 0.3) is 5.91 Å². The molecular formula is C17H18N4O3. The summed E-state index contributed by atoms with van der Waals surface area (Å²) >= 11 is 0. The van der Waals surface area contributed by atoms with Gasteiger partial charge in [-0.05, 0) is 50.6 Å². The second-order valence-electron chi connectivity index (χ2n) is 6.18. The van der Waals surface area contributed by atoms with Gasteiger partial charge in [-0.1, -0.05) is 0 Å². The van der Waals surface area contributed by atoms with Gasteiger partial charge in [-0.3, -0.25) is 4.79 Å². The molecule has 1 aromatic heterocycles. The second kappa shape index (κ2) is 5.52. The fourth-order valence-corrected chi connectivity index (χ4v) is 2.45. The van der Waals surface area contributed by atoms with Crippen LogP contribution in [-0.2, 0) is 4.79 Å². The van der Waals surface area contributed by atoms with Crippen molar-refractivity contribution in [1.29, 1.82) is 0 Å². The van der Waals surface area contributed by atoms with Gasteiger partial charge in [-0.2, -0.15) is 0 Å². The smallest absolute Gasteiger partial charge is 0.329 e. The highest BCUT2D eigenvalue weighted by Gasteiger charge is 2.45. The van der Waals surface area contributed by atoms with Crippen molar-refractivity contribution in [3.63, 3.8) is 0 Å². The van der Waals surface area contributed by atoms with Gasteiger partial charge in [-0.25, -0.2) is 14.7 Å². The molecule has 3 amide bonds. The summed E-state index contributed by atoms with van der Waals surface area (Å²) in [6.07, 6.45) is 1.43. The molecule has 1 aliphatic heterocycles. The molecule has 1 fully saturated rings. The zero-order chi connectivity index (χ0) is 17.5. The largest absolute Gasteiger partial charge is 0.439 e. The number of amides is 3. The number of ether oxygens (including phenoxy) is 1. The highest BCUT2D eigenvalue weighted by Crippen LogP contribution is 2.28. The molecule has 7 heteroatoms. The Hall–Kier alpha value is -3.09. The maximum Gasteiger partial charge on any atom is 0.329 e. The molecule has 0 radical (unpaired) electrons. The Balaban J connectivity index is 1.81. The van der Waals surface area contributed by atoms with Crippen molar-refractivity contribution in [2.45, 2.75) is 26.3 Å². The van der Waals surface area contributed by atoms with Crippen LogP contribution in [0.15, 0.2) is 36.5 Å². The molecule has 24 heavy (non-hydrogen) atoms. The lowest BCUT2D eigenvalue weighted by Gasteiger charge is -2.16. The van der Waals surface area contributed by atoms with E-state index in [1.807, 2.05) is 6.92 Å². The number of carbonyl (C=O) groups is 2. The number of anilines is 2. The fraction of sp³-hybridized carbons (Fsp3) is 0.235.